The van der Waals surface area contributed by atoms with Gasteiger partial charge in [-0.1, -0.05) is 32.9 Å². The first-order valence-electron chi connectivity index (χ1n) is 9.45. The molecule has 0 aliphatic heterocycles. The predicted octanol–water partition coefficient (Wildman–Crippen LogP) is 4.85. The van der Waals surface area contributed by atoms with Crippen molar-refractivity contribution in [2.24, 2.45) is 5.41 Å². The van der Waals surface area contributed by atoms with Gasteiger partial charge in [0.15, 0.2) is 5.82 Å². The summed E-state index contributed by atoms with van der Waals surface area (Å²) < 4.78 is 21.0. The lowest BCUT2D eigenvalue weighted by atomic mass is 9.95. The summed E-state index contributed by atoms with van der Waals surface area (Å²) in [4.78, 5) is 16.6. The van der Waals surface area contributed by atoms with Crippen molar-refractivity contribution in [2.75, 3.05) is 5.32 Å². The third-order valence-electron chi connectivity index (χ3n) is 4.06. The summed E-state index contributed by atoms with van der Waals surface area (Å²) in [6.45, 7) is 9.33. The molecule has 0 atom stereocenters. The first-order valence-corrected chi connectivity index (χ1v) is 9.45. The molecule has 0 fully saturated rings. The first kappa shape index (κ1) is 20.5. The minimum Gasteiger partial charge on any atom is -0.460 e. The highest BCUT2D eigenvalue weighted by Crippen LogP contribution is 2.26. The van der Waals surface area contributed by atoms with Crippen LogP contribution in [0.2, 0.25) is 0 Å². The molecule has 3 aromatic rings. The van der Waals surface area contributed by atoms with Gasteiger partial charge in [-0.2, -0.15) is 4.98 Å². The summed E-state index contributed by atoms with van der Waals surface area (Å²) in [5, 5.41) is 7.32. The Morgan fingerprint density at radius 3 is 2.41 bits per heavy atom. The molecule has 1 amide bonds. The van der Waals surface area contributed by atoms with Crippen LogP contribution in [0.1, 0.15) is 34.6 Å². The molecule has 29 heavy (non-hydrogen) atoms. The summed E-state index contributed by atoms with van der Waals surface area (Å²) in [5.74, 6) is 0.0364. The maximum atomic E-state index is 13.7. The molecule has 1 N–H and O–H groups in total. The molecule has 152 valence electrons. The van der Waals surface area contributed by atoms with Gasteiger partial charge in [0.2, 0.25) is 5.91 Å². The Hall–Kier alpha value is -3.22. The van der Waals surface area contributed by atoms with Crippen LogP contribution in [-0.4, -0.2) is 26.8 Å². The highest BCUT2D eigenvalue weighted by Gasteiger charge is 2.21. The standard InChI is InChI=1S/C22H25FN4O2/c1-14(2)29-21-25-19(15-7-6-8-16(23)13-15)27(26-21)18-11-9-17(10-12-18)24-20(28)22(3,4)5/h6-14H,1-5H3,(H,24,28). The lowest BCUT2D eigenvalue weighted by Crippen LogP contribution is -2.27. The summed E-state index contributed by atoms with van der Waals surface area (Å²) in [5.41, 5.74) is 1.49. The molecule has 6 nitrogen and oxygen atoms in total. The molecule has 0 saturated heterocycles. The number of nitrogens with zero attached hydrogens (tertiary/aromatic N) is 3. The highest BCUT2D eigenvalue weighted by atomic mass is 19.1. The Labute approximate surface area is 169 Å². The number of hydrogen-bond acceptors (Lipinski definition) is 4. The van der Waals surface area contributed by atoms with Crippen LogP contribution in [0, 0.1) is 11.2 Å². The molecule has 1 aromatic heterocycles. The SMILES string of the molecule is CC(C)Oc1nc(-c2cccc(F)c2)n(-c2ccc(NC(=O)C(C)(C)C)cc2)n1. The van der Waals surface area contributed by atoms with E-state index in [2.05, 4.69) is 15.4 Å². The second-order valence-electron chi connectivity index (χ2n) is 8.06. The minimum atomic E-state index is -0.488. The molecular formula is C22H25FN4O2. The first-order chi connectivity index (χ1) is 13.6. The van der Waals surface area contributed by atoms with Gasteiger partial charge in [-0.05, 0) is 50.2 Å². The molecule has 0 spiro atoms. The number of aromatic nitrogens is 3. The summed E-state index contributed by atoms with van der Waals surface area (Å²) in [6, 6.07) is 13.6. The van der Waals surface area contributed by atoms with E-state index in [-0.39, 0.29) is 23.8 Å². The van der Waals surface area contributed by atoms with E-state index >= 15 is 0 Å². The molecule has 0 saturated carbocycles. The number of ether oxygens (including phenoxy) is 1. The van der Waals surface area contributed by atoms with Crippen molar-refractivity contribution in [1.29, 1.82) is 0 Å². The van der Waals surface area contributed by atoms with Gasteiger partial charge in [0, 0.05) is 16.7 Å². The predicted molar refractivity (Wildman–Crippen MR) is 111 cm³/mol. The van der Waals surface area contributed by atoms with Crippen molar-refractivity contribution in [3.05, 3.63) is 54.3 Å². The van der Waals surface area contributed by atoms with Crippen LogP contribution in [-0.2, 0) is 4.79 Å². The Morgan fingerprint density at radius 1 is 1.14 bits per heavy atom. The van der Waals surface area contributed by atoms with Crippen LogP contribution in [0.15, 0.2) is 48.5 Å². The average Bonchev–Trinajstić information content (AvgIpc) is 3.04. The van der Waals surface area contributed by atoms with Crippen molar-refractivity contribution in [3.8, 4) is 23.1 Å². The fraction of sp³-hybridized carbons (Fsp3) is 0.318. The molecule has 0 aliphatic carbocycles. The third-order valence-corrected chi connectivity index (χ3v) is 4.06. The van der Waals surface area contributed by atoms with Gasteiger partial charge in [-0.3, -0.25) is 4.79 Å². The van der Waals surface area contributed by atoms with Crippen LogP contribution in [0.4, 0.5) is 10.1 Å². The third kappa shape index (κ3) is 4.99. The van der Waals surface area contributed by atoms with E-state index in [0.717, 1.165) is 0 Å². The molecule has 0 radical (unpaired) electrons. The zero-order valence-corrected chi connectivity index (χ0v) is 17.2. The zero-order chi connectivity index (χ0) is 21.2. The monoisotopic (exact) mass is 396 g/mol. The van der Waals surface area contributed by atoms with Gasteiger partial charge < -0.3 is 10.1 Å². The van der Waals surface area contributed by atoms with E-state index in [0.29, 0.717) is 22.8 Å². The zero-order valence-electron chi connectivity index (χ0n) is 17.2. The Bertz CT molecular complexity index is 1000. The molecular weight excluding hydrogens is 371 g/mol. The molecule has 7 heteroatoms. The maximum Gasteiger partial charge on any atom is 0.336 e. The topological polar surface area (TPSA) is 69.0 Å². The van der Waals surface area contributed by atoms with E-state index in [1.165, 1.54) is 12.1 Å². The number of benzene rings is 2. The largest absolute Gasteiger partial charge is 0.460 e. The van der Waals surface area contributed by atoms with Crippen LogP contribution in [0.25, 0.3) is 17.1 Å². The van der Waals surface area contributed by atoms with E-state index in [9.17, 15) is 9.18 Å². The number of carbonyl (C=O) groups is 1. The summed E-state index contributed by atoms with van der Waals surface area (Å²) >= 11 is 0. The highest BCUT2D eigenvalue weighted by molar-refractivity contribution is 5.94. The second kappa shape index (κ2) is 8.03. The molecule has 0 aliphatic rings. The van der Waals surface area contributed by atoms with Gasteiger partial charge >= 0.3 is 6.01 Å². The maximum absolute atomic E-state index is 13.7. The number of carbonyl (C=O) groups excluding carboxylic acids is 1. The molecule has 0 unspecified atom stereocenters. The number of amides is 1. The molecule has 1 heterocycles. The number of anilines is 1. The number of halogens is 1. The minimum absolute atomic E-state index is 0.0703. The number of rotatable bonds is 5. The van der Waals surface area contributed by atoms with Crippen LogP contribution in [0.3, 0.4) is 0 Å². The quantitative estimate of drug-likeness (QED) is 0.670. The van der Waals surface area contributed by atoms with Gasteiger partial charge in [0.25, 0.3) is 0 Å². The van der Waals surface area contributed by atoms with E-state index in [1.54, 1.807) is 28.9 Å². The van der Waals surface area contributed by atoms with Crippen molar-refractivity contribution < 1.29 is 13.9 Å². The summed E-state index contributed by atoms with van der Waals surface area (Å²) in [7, 11) is 0. The number of nitrogens with one attached hydrogen (secondary N) is 1. The van der Waals surface area contributed by atoms with E-state index in [4.69, 9.17) is 4.74 Å². The van der Waals surface area contributed by atoms with Crippen molar-refractivity contribution in [1.82, 2.24) is 14.8 Å². The van der Waals surface area contributed by atoms with Crippen molar-refractivity contribution in [2.45, 2.75) is 40.7 Å². The Balaban J connectivity index is 1.96. The fourth-order valence-electron chi connectivity index (χ4n) is 2.55. The Morgan fingerprint density at radius 2 is 1.83 bits per heavy atom. The average molecular weight is 396 g/mol. The summed E-state index contributed by atoms with van der Waals surface area (Å²) in [6.07, 6.45) is -0.0961. The van der Waals surface area contributed by atoms with E-state index in [1.807, 2.05) is 46.8 Å². The van der Waals surface area contributed by atoms with Gasteiger partial charge in [-0.15, -0.1) is 5.10 Å². The lowest BCUT2D eigenvalue weighted by molar-refractivity contribution is -0.123. The molecule has 2 aromatic carbocycles. The van der Waals surface area contributed by atoms with Gasteiger partial charge in [0.1, 0.15) is 5.82 Å². The van der Waals surface area contributed by atoms with Gasteiger partial charge in [0.05, 0.1) is 11.8 Å². The van der Waals surface area contributed by atoms with Crippen LogP contribution < -0.4 is 10.1 Å². The Kier molecular flexibility index (Phi) is 5.68. The van der Waals surface area contributed by atoms with Crippen LogP contribution in [0.5, 0.6) is 6.01 Å². The normalized spacial score (nSPS) is 11.6. The fourth-order valence-corrected chi connectivity index (χ4v) is 2.55. The molecule has 0 bridgehead atoms. The number of hydrogen-bond donors (Lipinski definition) is 1. The van der Waals surface area contributed by atoms with Crippen molar-refractivity contribution in [3.63, 3.8) is 0 Å². The lowest BCUT2D eigenvalue weighted by Gasteiger charge is -2.17. The van der Waals surface area contributed by atoms with Crippen molar-refractivity contribution >= 4 is 11.6 Å². The van der Waals surface area contributed by atoms with Gasteiger partial charge in [-0.25, -0.2) is 9.07 Å². The van der Waals surface area contributed by atoms with E-state index < -0.39 is 5.41 Å². The molecule has 3 rings (SSSR count). The smallest absolute Gasteiger partial charge is 0.336 e. The second-order valence-corrected chi connectivity index (χ2v) is 8.06. The van der Waals surface area contributed by atoms with Crippen LogP contribution >= 0.6 is 0 Å².